The fourth-order valence-electron chi connectivity index (χ4n) is 2.63. The van der Waals surface area contributed by atoms with Gasteiger partial charge in [-0.1, -0.05) is 13.8 Å². The monoisotopic (exact) mass is 312 g/mol. The fraction of sp³-hybridized carbons (Fsp3) is 0.600. The maximum atomic E-state index is 12.4. The van der Waals surface area contributed by atoms with Gasteiger partial charge in [0.25, 0.3) is 0 Å². The van der Waals surface area contributed by atoms with Crippen LogP contribution in [0.2, 0.25) is 0 Å². The van der Waals surface area contributed by atoms with Crippen LogP contribution < -0.4 is 10.0 Å². The lowest BCUT2D eigenvalue weighted by Gasteiger charge is -2.51. The van der Waals surface area contributed by atoms with Crippen molar-refractivity contribution in [2.75, 3.05) is 19.0 Å². The highest BCUT2D eigenvalue weighted by molar-refractivity contribution is 7.89. The Morgan fingerprint density at radius 3 is 2.38 bits per heavy atom. The third kappa shape index (κ3) is 3.22. The van der Waals surface area contributed by atoms with E-state index in [4.69, 9.17) is 4.74 Å². The molecule has 1 fully saturated rings. The maximum absolute atomic E-state index is 12.4. The van der Waals surface area contributed by atoms with Gasteiger partial charge in [-0.25, -0.2) is 13.1 Å². The summed E-state index contributed by atoms with van der Waals surface area (Å²) in [6, 6.07) is 6.63. The van der Waals surface area contributed by atoms with Gasteiger partial charge in [-0.3, -0.25) is 0 Å². The van der Waals surface area contributed by atoms with Crippen molar-refractivity contribution in [3.8, 4) is 0 Å². The highest BCUT2D eigenvalue weighted by Crippen LogP contribution is 2.43. The summed E-state index contributed by atoms with van der Waals surface area (Å²) in [5.74, 6) is 0. The standard InChI is InChI=1S/C15H24N2O3S/c1-5-20-14-10-13(15(14,2)3)17-21(18,19)12-8-6-11(16-4)7-9-12/h6-9,13-14,16-17H,5,10H2,1-4H3. The first kappa shape index (κ1) is 16.3. The molecular formula is C15H24N2O3S. The second kappa shape index (κ2) is 5.94. The molecule has 2 rings (SSSR count). The van der Waals surface area contributed by atoms with Crippen molar-refractivity contribution in [2.24, 2.45) is 5.41 Å². The Hall–Kier alpha value is -1.11. The minimum atomic E-state index is -3.49. The summed E-state index contributed by atoms with van der Waals surface area (Å²) in [6.45, 7) is 6.68. The van der Waals surface area contributed by atoms with Crippen molar-refractivity contribution >= 4 is 15.7 Å². The van der Waals surface area contributed by atoms with E-state index in [1.165, 1.54) is 0 Å². The molecule has 0 saturated heterocycles. The molecule has 0 spiro atoms. The largest absolute Gasteiger partial charge is 0.388 e. The van der Waals surface area contributed by atoms with Crippen LogP contribution in [0.25, 0.3) is 0 Å². The van der Waals surface area contributed by atoms with Gasteiger partial charge in [-0.05, 0) is 37.6 Å². The third-order valence-electron chi connectivity index (χ3n) is 4.30. The fourth-order valence-corrected chi connectivity index (χ4v) is 4.03. The predicted octanol–water partition coefficient (Wildman–Crippen LogP) is 2.21. The number of nitrogens with one attached hydrogen (secondary N) is 2. The Balaban J connectivity index is 2.08. The molecule has 1 aliphatic carbocycles. The molecule has 118 valence electrons. The number of hydrogen-bond donors (Lipinski definition) is 2. The predicted molar refractivity (Wildman–Crippen MR) is 83.9 cm³/mol. The number of hydrogen-bond acceptors (Lipinski definition) is 4. The first-order valence-electron chi connectivity index (χ1n) is 7.23. The van der Waals surface area contributed by atoms with Crippen LogP contribution in [-0.4, -0.2) is 34.2 Å². The zero-order chi connectivity index (χ0) is 15.7. The Kier molecular flexibility index (Phi) is 4.60. The molecule has 0 aliphatic heterocycles. The van der Waals surface area contributed by atoms with Crippen molar-refractivity contribution in [3.05, 3.63) is 24.3 Å². The van der Waals surface area contributed by atoms with E-state index in [0.29, 0.717) is 13.0 Å². The minimum absolute atomic E-state index is 0.0944. The molecule has 2 unspecified atom stereocenters. The first-order chi connectivity index (χ1) is 9.81. The molecule has 2 atom stereocenters. The minimum Gasteiger partial charge on any atom is -0.388 e. The van der Waals surface area contributed by atoms with Crippen molar-refractivity contribution < 1.29 is 13.2 Å². The SMILES string of the molecule is CCOC1CC(NS(=O)(=O)c2ccc(NC)cc2)C1(C)C. The molecule has 2 N–H and O–H groups in total. The van der Waals surface area contributed by atoms with Gasteiger partial charge in [0.1, 0.15) is 0 Å². The molecule has 6 heteroatoms. The van der Waals surface area contributed by atoms with Crippen LogP contribution in [-0.2, 0) is 14.8 Å². The topological polar surface area (TPSA) is 67.4 Å². The van der Waals surface area contributed by atoms with E-state index in [1.807, 2.05) is 20.8 Å². The lowest BCUT2D eigenvalue weighted by molar-refractivity contribution is -0.108. The normalized spacial score (nSPS) is 24.4. The molecule has 0 heterocycles. The number of ether oxygens (including phenoxy) is 1. The van der Waals surface area contributed by atoms with Gasteiger partial charge >= 0.3 is 0 Å². The van der Waals surface area contributed by atoms with Gasteiger partial charge in [0.05, 0.1) is 11.0 Å². The van der Waals surface area contributed by atoms with E-state index in [1.54, 1.807) is 31.3 Å². The lowest BCUT2D eigenvalue weighted by Crippen LogP contribution is -2.61. The van der Waals surface area contributed by atoms with Crippen molar-refractivity contribution in [3.63, 3.8) is 0 Å². The van der Waals surface area contributed by atoms with Crippen molar-refractivity contribution in [2.45, 2.75) is 44.2 Å². The number of rotatable bonds is 6. The Bertz CT molecular complexity index is 581. The van der Waals surface area contributed by atoms with Crippen LogP contribution >= 0.6 is 0 Å². The zero-order valence-electron chi connectivity index (χ0n) is 13.0. The second-order valence-electron chi connectivity index (χ2n) is 5.95. The molecule has 1 aromatic rings. The van der Waals surface area contributed by atoms with E-state index in [2.05, 4.69) is 10.0 Å². The molecule has 0 radical (unpaired) electrons. The summed E-state index contributed by atoms with van der Waals surface area (Å²) in [6.07, 6.45) is 0.830. The van der Waals surface area contributed by atoms with Gasteiger partial charge in [-0.15, -0.1) is 0 Å². The quantitative estimate of drug-likeness (QED) is 0.845. The Morgan fingerprint density at radius 2 is 1.90 bits per heavy atom. The summed E-state index contributed by atoms with van der Waals surface area (Å²) in [4.78, 5) is 0.289. The van der Waals surface area contributed by atoms with E-state index < -0.39 is 10.0 Å². The molecule has 0 aromatic heterocycles. The highest BCUT2D eigenvalue weighted by Gasteiger charge is 2.50. The van der Waals surface area contributed by atoms with Crippen LogP contribution in [0.3, 0.4) is 0 Å². The number of sulfonamides is 1. The van der Waals surface area contributed by atoms with Crippen LogP contribution in [0.4, 0.5) is 5.69 Å². The van der Waals surface area contributed by atoms with E-state index >= 15 is 0 Å². The third-order valence-corrected chi connectivity index (χ3v) is 5.78. The lowest BCUT2D eigenvalue weighted by atomic mass is 9.65. The van der Waals surface area contributed by atoms with Crippen LogP contribution in [0.1, 0.15) is 27.2 Å². The van der Waals surface area contributed by atoms with Gasteiger partial charge < -0.3 is 10.1 Å². The summed E-state index contributed by atoms with van der Waals surface area (Å²) < 4.78 is 33.3. The van der Waals surface area contributed by atoms with E-state index in [-0.39, 0.29) is 22.5 Å². The van der Waals surface area contributed by atoms with Gasteiger partial charge in [0, 0.05) is 30.8 Å². The number of benzene rings is 1. The van der Waals surface area contributed by atoms with Crippen molar-refractivity contribution in [1.29, 1.82) is 0 Å². The molecule has 0 amide bonds. The van der Waals surface area contributed by atoms with Crippen LogP contribution in [0.5, 0.6) is 0 Å². The smallest absolute Gasteiger partial charge is 0.240 e. The maximum Gasteiger partial charge on any atom is 0.240 e. The number of anilines is 1. The molecule has 5 nitrogen and oxygen atoms in total. The highest BCUT2D eigenvalue weighted by atomic mass is 32.2. The summed E-state index contributed by atoms with van der Waals surface area (Å²) in [5, 5.41) is 2.97. The Labute approximate surface area is 127 Å². The summed E-state index contributed by atoms with van der Waals surface area (Å²) in [5.41, 5.74) is 0.697. The average Bonchev–Trinajstić information content (AvgIpc) is 2.46. The molecule has 21 heavy (non-hydrogen) atoms. The van der Waals surface area contributed by atoms with E-state index in [9.17, 15) is 8.42 Å². The van der Waals surface area contributed by atoms with Crippen LogP contribution in [0, 0.1) is 5.41 Å². The molecule has 0 bridgehead atoms. The summed E-state index contributed by atoms with van der Waals surface area (Å²) in [7, 11) is -1.69. The molecule has 1 aromatic carbocycles. The summed E-state index contributed by atoms with van der Waals surface area (Å²) >= 11 is 0. The Morgan fingerprint density at radius 1 is 1.29 bits per heavy atom. The molecular weight excluding hydrogens is 288 g/mol. The first-order valence-corrected chi connectivity index (χ1v) is 8.71. The molecule has 1 aliphatic rings. The molecule has 1 saturated carbocycles. The average molecular weight is 312 g/mol. The van der Waals surface area contributed by atoms with E-state index in [0.717, 1.165) is 5.69 Å². The van der Waals surface area contributed by atoms with Gasteiger partial charge in [0.2, 0.25) is 10.0 Å². The second-order valence-corrected chi connectivity index (χ2v) is 7.66. The van der Waals surface area contributed by atoms with Crippen LogP contribution in [0.15, 0.2) is 29.2 Å². The van der Waals surface area contributed by atoms with Gasteiger partial charge in [-0.2, -0.15) is 0 Å². The zero-order valence-corrected chi connectivity index (χ0v) is 13.8. The van der Waals surface area contributed by atoms with Crippen molar-refractivity contribution in [1.82, 2.24) is 4.72 Å². The van der Waals surface area contributed by atoms with Gasteiger partial charge in [0.15, 0.2) is 0 Å².